The van der Waals surface area contributed by atoms with E-state index < -0.39 is 11.7 Å². The monoisotopic (exact) mass is 658 g/mol. The second-order valence-electron chi connectivity index (χ2n) is 12.0. The highest BCUT2D eigenvalue weighted by molar-refractivity contribution is 9.10. The van der Waals surface area contributed by atoms with Crippen molar-refractivity contribution in [2.75, 3.05) is 37.6 Å². The van der Waals surface area contributed by atoms with Crippen molar-refractivity contribution in [3.05, 3.63) is 46.2 Å². The van der Waals surface area contributed by atoms with Gasteiger partial charge in [0.2, 0.25) is 17.7 Å². The molecule has 2 fully saturated rings. The predicted molar refractivity (Wildman–Crippen MR) is 164 cm³/mol. The third kappa shape index (κ3) is 8.22. The summed E-state index contributed by atoms with van der Waals surface area (Å²) in [6.45, 7) is 8.29. The SMILES string of the molecule is CC(C)(C)OC(=O)N(CC(=O)NCC1CCN(c2cc(Br)ccc2-c2nnc(-c3ccnc(Cl)c3)o2)CC1)CC1CC1. The summed E-state index contributed by atoms with van der Waals surface area (Å²) in [5, 5.41) is 12.0. The Balaban J connectivity index is 1.17. The number of rotatable bonds is 9. The van der Waals surface area contributed by atoms with E-state index in [0.717, 1.165) is 54.5 Å². The Bertz CT molecular complexity index is 1410. The first-order valence-electron chi connectivity index (χ1n) is 14.3. The average Bonchev–Trinajstić information content (AvgIpc) is 3.63. The number of amides is 2. The first-order valence-corrected chi connectivity index (χ1v) is 15.5. The number of aromatic nitrogens is 3. The summed E-state index contributed by atoms with van der Waals surface area (Å²) >= 11 is 9.64. The molecule has 2 aromatic heterocycles. The van der Waals surface area contributed by atoms with Gasteiger partial charge < -0.3 is 19.4 Å². The Hall–Kier alpha value is -3.18. The summed E-state index contributed by atoms with van der Waals surface area (Å²) in [5.74, 6) is 1.45. The van der Waals surface area contributed by atoms with Gasteiger partial charge in [0, 0.05) is 42.4 Å². The molecular formula is C30H36BrClN6O4. The first kappa shape index (κ1) is 30.3. The topological polar surface area (TPSA) is 114 Å². The molecular weight excluding hydrogens is 624 g/mol. The van der Waals surface area contributed by atoms with E-state index in [1.165, 1.54) is 0 Å². The van der Waals surface area contributed by atoms with E-state index in [9.17, 15) is 9.59 Å². The van der Waals surface area contributed by atoms with Crippen molar-refractivity contribution in [3.8, 4) is 22.9 Å². The maximum absolute atomic E-state index is 12.8. The molecule has 1 saturated carbocycles. The Morgan fingerprint density at radius 3 is 2.52 bits per heavy atom. The molecule has 0 bridgehead atoms. The zero-order chi connectivity index (χ0) is 29.9. The van der Waals surface area contributed by atoms with Gasteiger partial charge >= 0.3 is 6.09 Å². The molecule has 5 rings (SSSR count). The van der Waals surface area contributed by atoms with Crippen molar-refractivity contribution in [2.45, 2.75) is 52.1 Å². The molecule has 1 aromatic carbocycles. The number of hydrogen-bond donors (Lipinski definition) is 1. The first-order chi connectivity index (χ1) is 20.0. The van der Waals surface area contributed by atoms with Crippen molar-refractivity contribution in [1.82, 2.24) is 25.4 Å². The van der Waals surface area contributed by atoms with Gasteiger partial charge in [-0.15, -0.1) is 10.2 Å². The zero-order valence-corrected chi connectivity index (χ0v) is 26.4. The molecule has 12 heteroatoms. The van der Waals surface area contributed by atoms with Crippen LogP contribution in [0.1, 0.15) is 46.5 Å². The van der Waals surface area contributed by atoms with Gasteiger partial charge in [-0.25, -0.2) is 9.78 Å². The van der Waals surface area contributed by atoms with Gasteiger partial charge in [0.05, 0.1) is 11.3 Å². The number of hydrogen-bond acceptors (Lipinski definition) is 8. The third-order valence-electron chi connectivity index (χ3n) is 7.29. The number of halogens is 2. The minimum Gasteiger partial charge on any atom is -0.444 e. The fourth-order valence-electron chi connectivity index (χ4n) is 4.94. The Kier molecular flexibility index (Phi) is 9.37. The number of benzene rings is 1. The lowest BCUT2D eigenvalue weighted by molar-refractivity contribution is -0.122. The molecule has 0 atom stereocenters. The molecule has 0 radical (unpaired) electrons. The number of carbonyl (C=O) groups is 2. The molecule has 1 N–H and O–H groups in total. The quantitative estimate of drug-likeness (QED) is 0.271. The Morgan fingerprint density at radius 2 is 1.83 bits per heavy atom. The fourth-order valence-corrected chi connectivity index (χ4v) is 5.46. The van der Waals surface area contributed by atoms with Gasteiger partial charge in [0.1, 0.15) is 17.3 Å². The number of piperidine rings is 1. The molecule has 10 nitrogen and oxygen atoms in total. The van der Waals surface area contributed by atoms with Crippen LogP contribution in [0.15, 0.2) is 45.4 Å². The van der Waals surface area contributed by atoms with E-state index in [2.05, 4.69) is 47.4 Å². The summed E-state index contributed by atoms with van der Waals surface area (Å²) in [4.78, 5) is 33.3. The van der Waals surface area contributed by atoms with Gasteiger partial charge in [-0.1, -0.05) is 27.5 Å². The van der Waals surface area contributed by atoms with E-state index in [4.69, 9.17) is 20.8 Å². The van der Waals surface area contributed by atoms with Crippen LogP contribution in [0, 0.1) is 11.8 Å². The van der Waals surface area contributed by atoms with Crippen LogP contribution in [0.5, 0.6) is 0 Å². The largest absolute Gasteiger partial charge is 0.444 e. The number of carbonyl (C=O) groups excluding carboxylic acids is 2. The second-order valence-corrected chi connectivity index (χ2v) is 13.3. The van der Waals surface area contributed by atoms with Gasteiger partial charge in [-0.05, 0) is 88.6 Å². The van der Waals surface area contributed by atoms with E-state index in [-0.39, 0.29) is 12.5 Å². The smallest absolute Gasteiger partial charge is 0.410 e. The fraction of sp³-hybridized carbons (Fsp3) is 0.500. The number of nitrogens with one attached hydrogen (secondary N) is 1. The molecule has 1 saturated heterocycles. The van der Waals surface area contributed by atoms with Crippen molar-refractivity contribution in [1.29, 1.82) is 0 Å². The lowest BCUT2D eigenvalue weighted by Crippen LogP contribution is -2.45. The van der Waals surface area contributed by atoms with Crippen molar-refractivity contribution in [2.24, 2.45) is 11.8 Å². The normalized spacial score (nSPS) is 15.9. The molecule has 42 heavy (non-hydrogen) atoms. The van der Waals surface area contributed by atoms with Crippen LogP contribution in [0.3, 0.4) is 0 Å². The zero-order valence-electron chi connectivity index (χ0n) is 24.1. The van der Waals surface area contributed by atoms with Gasteiger partial charge in [-0.2, -0.15) is 0 Å². The highest BCUT2D eigenvalue weighted by atomic mass is 79.9. The summed E-state index contributed by atoms with van der Waals surface area (Å²) in [7, 11) is 0. The van der Waals surface area contributed by atoms with Crippen LogP contribution >= 0.6 is 27.5 Å². The second kappa shape index (κ2) is 13.0. The summed E-state index contributed by atoms with van der Waals surface area (Å²) in [6.07, 6.45) is 5.17. The number of nitrogens with zero attached hydrogens (tertiary/aromatic N) is 5. The summed E-state index contributed by atoms with van der Waals surface area (Å²) in [5.41, 5.74) is 1.96. The molecule has 1 aliphatic carbocycles. The van der Waals surface area contributed by atoms with Crippen LogP contribution in [-0.4, -0.2) is 70.4 Å². The molecule has 224 valence electrons. The summed E-state index contributed by atoms with van der Waals surface area (Å²) in [6, 6.07) is 9.46. The van der Waals surface area contributed by atoms with Crippen LogP contribution in [0.4, 0.5) is 10.5 Å². The van der Waals surface area contributed by atoms with Gasteiger partial charge in [0.15, 0.2) is 0 Å². The molecule has 1 aliphatic heterocycles. The molecule has 2 aliphatic rings. The van der Waals surface area contributed by atoms with Crippen LogP contribution in [0.25, 0.3) is 22.9 Å². The minimum atomic E-state index is -0.600. The molecule has 0 spiro atoms. The number of pyridine rings is 1. The van der Waals surface area contributed by atoms with Crippen molar-refractivity contribution in [3.63, 3.8) is 0 Å². The molecule has 3 aromatic rings. The van der Waals surface area contributed by atoms with Gasteiger partial charge in [0.25, 0.3) is 0 Å². The van der Waals surface area contributed by atoms with Crippen LogP contribution < -0.4 is 10.2 Å². The van der Waals surface area contributed by atoms with Crippen LogP contribution in [0.2, 0.25) is 5.15 Å². The average molecular weight is 660 g/mol. The van der Waals surface area contributed by atoms with E-state index >= 15 is 0 Å². The highest BCUT2D eigenvalue weighted by Crippen LogP contribution is 2.36. The van der Waals surface area contributed by atoms with E-state index in [1.54, 1.807) is 23.2 Å². The maximum Gasteiger partial charge on any atom is 0.410 e. The molecule has 3 heterocycles. The maximum atomic E-state index is 12.8. The molecule has 0 unspecified atom stereocenters. The lowest BCUT2D eigenvalue weighted by Gasteiger charge is -2.34. The Morgan fingerprint density at radius 1 is 1.10 bits per heavy atom. The van der Waals surface area contributed by atoms with Crippen molar-refractivity contribution >= 4 is 45.2 Å². The number of ether oxygens (including phenoxy) is 1. The molecule has 2 amide bonds. The summed E-state index contributed by atoms with van der Waals surface area (Å²) < 4.78 is 12.5. The highest BCUT2D eigenvalue weighted by Gasteiger charge is 2.31. The Labute approximate surface area is 259 Å². The van der Waals surface area contributed by atoms with Crippen molar-refractivity contribution < 1.29 is 18.7 Å². The standard InChI is InChI=1S/C30H36BrClN6O4/c1-30(2,3)42-29(40)38(17-20-4-5-20)18-26(39)34-16-19-9-12-37(13-10-19)24-15-22(31)6-7-23(24)28-36-35-27(41-28)21-8-11-33-25(32)14-21/h6-8,11,14-15,19-20H,4-5,9-10,12-13,16-18H2,1-3H3,(H,34,39). The van der Waals surface area contributed by atoms with Crippen LogP contribution in [-0.2, 0) is 9.53 Å². The van der Waals surface area contributed by atoms with Gasteiger partial charge in [-0.3, -0.25) is 9.69 Å². The lowest BCUT2D eigenvalue weighted by atomic mass is 9.95. The minimum absolute atomic E-state index is 0.0174. The third-order valence-corrected chi connectivity index (χ3v) is 7.99. The van der Waals surface area contributed by atoms with E-state index in [0.29, 0.717) is 47.4 Å². The number of anilines is 1. The van der Waals surface area contributed by atoms with E-state index in [1.807, 2.05) is 32.9 Å². The predicted octanol–water partition coefficient (Wildman–Crippen LogP) is 6.19.